The van der Waals surface area contributed by atoms with Crippen LogP contribution in [0.3, 0.4) is 0 Å². The van der Waals surface area contributed by atoms with E-state index in [1.807, 2.05) is 12.1 Å². The molecule has 1 fully saturated rings. The van der Waals surface area contributed by atoms with Crippen LogP contribution in [-0.4, -0.2) is 35.1 Å². The number of H-pyrrole nitrogens is 1. The van der Waals surface area contributed by atoms with E-state index in [1.54, 1.807) is 7.11 Å². The van der Waals surface area contributed by atoms with Crippen LogP contribution in [0.2, 0.25) is 0 Å². The second-order valence-electron chi connectivity index (χ2n) is 6.80. The van der Waals surface area contributed by atoms with E-state index in [1.165, 1.54) is 37.6 Å². The molecule has 0 amide bonds. The van der Waals surface area contributed by atoms with Crippen LogP contribution in [0, 0.1) is 5.92 Å². The first-order chi connectivity index (χ1) is 12.1. The van der Waals surface area contributed by atoms with Gasteiger partial charge in [-0.05, 0) is 49.5 Å². The highest BCUT2D eigenvalue weighted by atomic mass is 16.5. The Morgan fingerprint density at radius 2 is 2.00 bits per heavy atom. The smallest absolute Gasteiger partial charge is 0.252 e. The summed E-state index contributed by atoms with van der Waals surface area (Å²) >= 11 is 0. The first-order valence-corrected chi connectivity index (χ1v) is 8.80. The Morgan fingerprint density at radius 3 is 2.68 bits per heavy atom. The molecule has 6 nitrogen and oxygen atoms in total. The molecule has 0 spiro atoms. The molecule has 1 aromatic heterocycles. The summed E-state index contributed by atoms with van der Waals surface area (Å²) in [6, 6.07) is 9.72. The average Bonchev–Trinajstić information content (AvgIpc) is 2.58. The minimum Gasteiger partial charge on any atom is -0.378 e. The molecule has 3 rings (SSSR count). The number of likely N-dealkylation sites (tertiary alicyclic amines) is 1. The molecule has 0 bridgehead atoms. The monoisotopic (exact) mass is 342 g/mol. The summed E-state index contributed by atoms with van der Waals surface area (Å²) in [5.41, 5.74) is 2.61. The number of benzene rings is 1. The number of anilines is 2. The van der Waals surface area contributed by atoms with Crippen molar-refractivity contribution >= 4 is 11.6 Å². The van der Waals surface area contributed by atoms with Gasteiger partial charge in [0.1, 0.15) is 0 Å². The van der Waals surface area contributed by atoms with E-state index in [0.29, 0.717) is 18.2 Å². The molecule has 134 valence electrons. The van der Waals surface area contributed by atoms with Gasteiger partial charge >= 0.3 is 0 Å². The number of hydrogen-bond acceptors (Lipinski definition) is 5. The van der Waals surface area contributed by atoms with Crippen LogP contribution in [0.15, 0.2) is 35.1 Å². The number of piperidine rings is 1. The molecule has 0 aliphatic carbocycles. The Hall–Kier alpha value is -2.18. The maximum absolute atomic E-state index is 11.7. The molecule has 2 heterocycles. The van der Waals surface area contributed by atoms with Crippen LogP contribution in [0.4, 0.5) is 11.6 Å². The second-order valence-corrected chi connectivity index (χ2v) is 6.80. The molecule has 0 unspecified atom stereocenters. The third kappa shape index (κ3) is 5.14. The van der Waals surface area contributed by atoms with E-state index in [4.69, 9.17) is 4.74 Å². The third-order valence-electron chi connectivity index (χ3n) is 4.59. The van der Waals surface area contributed by atoms with E-state index in [9.17, 15) is 4.79 Å². The minimum atomic E-state index is -0.194. The molecular formula is C19H26N4O2. The summed E-state index contributed by atoms with van der Waals surface area (Å²) in [7, 11) is 1.58. The van der Waals surface area contributed by atoms with Gasteiger partial charge in [0.05, 0.1) is 12.3 Å². The zero-order valence-corrected chi connectivity index (χ0v) is 14.9. The van der Waals surface area contributed by atoms with Crippen LogP contribution in [0.25, 0.3) is 0 Å². The van der Waals surface area contributed by atoms with Gasteiger partial charge < -0.3 is 10.1 Å². The quantitative estimate of drug-likeness (QED) is 0.845. The van der Waals surface area contributed by atoms with Crippen molar-refractivity contribution in [2.75, 3.05) is 25.5 Å². The molecule has 1 aromatic carbocycles. The van der Waals surface area contributed by atoms with Gasteiger partial charge in [0.15, 0.2) is 0 Å². The summed E-state index contributed by atoms with van der Waals surface area (Å²) in [6.07, 6.45) is 2.58. The van der Waals surface area contributed by atoms with Crippen molar-refractivity contribution in [3.05, 3.63) is 51.9 Å². The summed E-state index contributed by atoms with van der Waals surface area (Å²) in [5, 5.41) is 3.14. The summed E-state index contributed by atoms with van der Waals surface area (Å²) in [5.74, 6) is 1.28. The molecule has 25 heavy (non-hydrogen) atoms. The fraction of sp³-hybridized carbons (Fsp3) is 0.474. The van der Waals surface area contributed by atoms with Gasteiger partial charge in [0.25, 0.3) is 5.56 Å². The normalized spacial score (nSPS) is 16.1. The number of aromatic amines is 1. The fourth-order valence-electron chi connectivity index (χ4n) is 3.10. The van der Waals surface area contributed by atoms with Gasteiger partial charge in [0, 0.05) is 25.4 Å². The first kappa shape index (κ1) is 17.6. The maximum Gasteiger partial charge on any atom is 0.252 e. The van der Waals surface area contributed by atoms with Gasteiger partial charge in [-0.15, -0.1) is 0 Å². The molecule has 2 aromatic rings. The Kier molecular flexibility index (Phi) is 5.83. The van der Waals surface area contributed by atoms with Crippen LogP contribution < -0.4 is 10.9 Å². The van der Waals surface area contributed by atoms with E-state index in [2.05, 4.69) is 39.2 Å². The molecule has 0 atom stereocenters. The summed E-state index contributed by atoms with van der Waals surface area (Å²) < 4.78 is 5.03. The average molecular weight is 342 g/mol. The Bertz CT molecular complexity index is 734. The number of nitrogens with zero attached hydrogens (tertiary/aromatic N) is 2. The zero-order chi connectivity index (χ0) is 17.6. The predicted octanol–water partition coefficient (Wildman–Crippen LogP) is 2.89. The molecular weight excluding hydrogens is 316 g/mol. The summed E-state index contributed by atoms with van der Waals surface area (Å²) in [4.78, 5) is 21.2. The largest absolute Gasteiger partial charge is 0.378 e. The zero-order valence-electron chi connectivity index (χ0n) is 14.9. The lowest BCUT2D eigenvalue weighted by molar-refractivity contribution is 0.181. The first-order valence-electron chi connectivity index (χ1n) is 8.80. The lowest BCUT2D eigenvalue weighted by Crippen LogP contribution is -2.32. The number of ether oxygens (including phenoxy) is 1. The van der Waals surface area contributed by atoms with Crippen LogP contribution in [0.1, 0.15) is 31.0 Å². The Labute approximate surface area is 148 Å². The van der Waals surface area contributed by atoms with Crippen LogP contribution in [0.5, 0.6) is 0 Å². The van der Waals surface area contributed by atoms with Crippen molar-refractivity contribution in [3.8, 4) is 0 Å². The Balaban J connectivity index is 1.62. The third-order valence-corrected chi connectivity index (χ3v) is 4.59. The van der Waals surface area contributed by atoms with E-state index >= 15 is 0 Å². The number of rotatable bonds is 6. The molecule has 0 radical (unpaired) electrons. The Morgan fingerprint density at radius 1 is 1.28 bits per heavy atom. The van der Waals surface area contributed by atoms with Gasteiger partial charge in [-0.3, -0.25) is 14.7 Å². The summed E-state index contributed by atoms with van der Waals surface area (Å²) in [6.45, 7) is 5.99. The SMILES string of the molecule is COCc1cc(=O)[nH]c(Nc2ccc(CN3CCC(C)CC3)cc2)n1. The molecule has 1 aliphatic rings. The topological polar surface area (TPSA) is 70.2 Å². The highest BCUT2D eigenvalue weighted by Crippen LogP contribution is 2.19. The highest BCUT2D eigenvalue weighted by Gasteiger charge is 2.15. The molecule has 2 N–H and O–H groups in total. The number of nitrogens with one attached hydrogen (secondary N) is 2. The van der Waals surface area contributed by atoms with E-state index in [0.717, 1.165) is 18.2 Å². The van der Waals surface area contributed by atoms with Crippen molar-refractivity contribution in [3.63, 3.8) is 0 Å². The van der Waals surface area contributed by atoms with Crippen LogP contribution in [-0.2, 0) is 17.9 Å². The van der Waals surface area contributed by atoms with E-state index < -0.39 is 0 Å². The number of hydrogen-bond donors (Lipinski definition) is 2. The molecule has 6 heteroatoms. The van der Waals surface area contributed by atoms with Gasteiger partial charge in [-0.25, -0.2) is 4.98 Å². The number of methoxy groups -OCH3 is 1. The highest BCUT2D eigenvalue weighted by molar-refractivity contribution is 5.53. The lowest BCUT2D eigenvalue weighted by Gasteiger charge is -2.30. The van der Waals surface area contributed by atoms with Crippen molar-refractivity contribution in [1.82, 2.24) is 14.9 Å². The van der Waals surface area contributed by atoms with Crippen molar-refractivity contribution in [2.45, 2.75) is 32.9 Å². The fourth-order valence-corrected chi connectivity index (χ4v) is 3.10. The molecule has 1 saturated heterocycles. The van der Waals surface area contributed by atoms with E-state index in [-0.39, 0.29) is 5.56 Å². The van der Waals surface area contributed by atoms with Crippen molar-refractivity contribution in [2.24, 2.45) is 5.92 Å². The molecule has 1 aliphatic heterocycles. The van der Waals surface area contributed by atoms with Gasteiger partial charge in [-0.2, -0.15) is 0 Å². The van der Waals surface area contributed by atoms with Gasteiger partial charge in [-0.1, -0.05) is 19.1 Å². The van der Waals surface area contributed by atoms with Crippen molar-refractivity contribution in [1.29, 1.82) is 0 Å². The van der Waals surface area contributed by atoms with Gasteiger partial charge in [0.2, 0.25) is 5.95 Å². The van der Waals surface area contributed by atoms with Crippen LogP contribution >= 0.6 is 0 Å². The second kappa shape index (κ2) is 8.27. The molecule has 0 saturated carbocycles. The number of aromatic nitrogens is 2. The predicted molar refractivity (Wildman–Crippen MR) is 99.0 cm³/mol. The standard InChI is InChI=1S/C19H26N4O2/c1-14-7-9-23(10-8-14)12-15-3-5-16(6-4-15)20-19-21-17(13-25-2)11-18(24)22-19/h3-6,11,14H,7-10,12-13H2,1-2H3,(H2,20,21,22,24). The lowest BCUT2D eigenvalue weighted by atomic mass is 9.99. The maximum atomic E-state index is 11.7. The van der Waals surface area contributed by atoms with Crippen molar-refractivity contribution < 1.29 is 4.74 Å². The minimum absolute atomic E-state index is 0.194.